The molecule has 0 saturated heterocycles. The minimum atomic E-state index is -1.16. The Hall–Kier alpha value is -1.17. The molecule has 4 N–H and O–H groups in total. The van der Waals surface area contributed by atoms with Gasteiger partial charge in [0.1, 0.15) is 6.10 Å². The Bertz CT molecular complexity index is 606. The lowest BCUT2D eigenvalue weighted by molar-refractivity contribution is -0.124. The third-order valence-electron chi connectivity index (χ3n) is 8.04. The lowest BCUT2D eigenvalue weighted by Crippen LogP contribution is -2.50. The highest BCUT2D eigenvalue weighted by molar-refractivity contribution is 5.76. The van der Waals surface area contributed by atoms with E-state index in [1.807, 2.05) is 0 Å². The second-order valence-electron chi connectivity index (χ2n) is 12.1. The molecule has 3 unspecified atom stereocenters. The third kappa shape index (κ3) is 27.4. The molecule has 0 saturated carbocycles. The molecule has 0 aromatic rings. The number of carbonyl (C=O) groups excluding carboxylic acids is 1. The highest BCUT2D eigenvalue weighted by atomic mass is 16.3. The van der Waals surface area contributed by atoms with E-state index in [4.69, 9.17) is 0 Å². The first-order chi connectivity index (χ1) is 20.1. The van der Waals surface area contributed by atoms with Gasteiger partial charge in [0.05, 0.1) is 18.8 Å². The first kappa shape index (κ1) is 39.8. The average molecular weight is 580 g/mol. The molecule has 0 aromatic heterocycles. The van der Waals surface area contributed by atoms with Gasteiger partial charge in [0.25, 0.3) is 0 Å². The van der Waals surface area contributed by atoms with Gasteiger partial charge in [-0.2, -0.15) is 0 Å². The summed E-state index contributed by atoms with van der Waals surface area (Å²) in [6.07, 6.45) is 35.6. The van der Waals surface area contributed by atoms with E-state index in [1.54, 1.807) is 0 Å². The van der Waals surface area contributed by atoms with E-state index < -0.39 is 18.2 Å². The predicted molar refractivity (Wildman–Crippen MR) is 176 cm³/mol. The Morgan fingerprint density at radius 1 is 0.585 bits per heavy atom. The molecule has 5 heteroatoms. The van der Waals surface area contributed by atoms with Gasteiger partial charge in [0.2, 0.25) is 5.91 Å². The van der Waals surface area contributed by atoms with E-state index in [0.717, 1.165) is 44.9 Å². The number of unbranched alkanes of at least 4 members (excludes halogenated alkanes) is 19. The van der Waals surface area contributed by atoms with Crippen molar-refractivity contribution in [2.75, 3.05) is 6.61 Å². The minimum absolute atomic E-state index is 0.164. The maximum Gasteiger partial charge on any atom is 0.220 e. The van der Waals surface area contributed by atoms with Crippen LogP contribution in [0.1, 0.15) is 174 Å². The maximum absolute atomic E-state index is 12.3. The van der Waals surface area contributed by atoms with Crippen LogP contribution in [0.4, 0.5) is 0 Å². The molecule has 0 heterocycles. The van der Waals surface area contributed by atoms with Crippen LogP contribution in [0, 0.1) is 0 Å². The van der Waals surface area contributed by atoms with Crippen LogP contribution in [0.3, 0.4) is 0 Å². The molecule has 0 aliphatic carbocycles. The van der Waals surface area contributed by atoms with E-state index in [1.165, 1.54) is 103 Å². The van der Waals surface area contributed by atoms with Gasteiger partial charge in [-0.05, 0) is 51.4 Å². The van der Waals surface area contributed by atoms with Crippen molar-refractivity contribution < 1.29 is 20.1 Å². The summed E-state index contributed by atoms with van der Waals surface area (Å²) < 4.78 is 0. The summed E-state index contributed by atoms with van der Waals surface area (Å²) in [5.74, 6) is -0.164. The predicted octanol–water partition coefficient (Wildman–Crippen LogP) is 9.09. The number of rotatable bonds is 31. The van der Waals surface area contributed by atoms with Crippen LogP contribution >= 0.6 is 0 Å². The Morgan fingerprint density at radius 3 is 1.49 bits per heavy atom. The fraction of sp³-hybridized carbons (Fsp3) is 0.861. The highest BCUT2D eigenvalue weighted by Crippen LogP contribution is 2.13. The van der Waals surface area contributed by atoms with E-state index in [2.05, 4.69) is 43.5 Å². The molecule has 0 aliphatic rings. The van der Waals surface area contributed by atoms with Crippen LogP contribution in [-0.4, -0.2) is 46.1 Å². The molecule has 0 aromatic carbocycles. The Kier molecular flexibility index (Phi) is 30.9. The zero-order valence-electron chi connectivity index (χ0n) is 27.2. The molecule has 3 atom stereocenters. The van der Waals surface area contributed by atoms with E-state index >= 15 is 0 Å². The summed E-state index contributed by atoms with van der Waals surface area (Å²) in [5.41, 5.74) is 0. The Labute approximate surface area is 254 Å². The van der Waals surface area contributed by atoms with Crippen molar-refractivity contribution in [1.29, 1.82) is 0 Å². The van der Waals surface area contributed by atoms with Gasteiger partial charge in [0, 0.05) is 6.42 Å². The zero-order valence-corrected chi connectivity index (χ0v) is 27.2. The molecule has 0 spiro atoms. The maximum atomic E-state index is 12.3. The standard InChI is InChI=1S/C36H69NO4/c1-3-5-7-9-11-13-14-15-16-17-18-19-20-21-23-24-26-28-30-34(39)36(41)33(32-38)37-35(40)31-29-27-25-22-12-10-8-6-4-2/h18-19,23-24,33-34,36,38-39,41H,3-17,20-22,25-32H2,1-2H3,(H,37,40)/b19-18+,24-23+. The number of amides is 1. The molecule has 41 heavy (non-hydrogen) atoms. The smallest absolute Gasteiger partial charge is 0.220 e. The van der Waals surface area contributed by atoms with Crippen LogP contribution < -0.4 is 5.32 Å². The molecular weight excluding hydrogens is 510 g/mol. The lowest BCUT2D eigenvalue weighted by Gasteiger charge is -2.26. The van der Waals surface area contributed by atoms with E-state index in [0.29, 0.717) is 12.8 Å². The fourth-order valence-corrected chi connectivity index (χ4v) is 5.23. The second-order valence-corrected chi connectivity index (χ2v) is 12.1. The van der Waals surface area contributed by atoms with E-state index in [-0.39, 0.29) is 12.5 Å². The van der Waals surface area contributed by atoms with E-state index in [9.17, 15) is 20.1 Å². The third-order valence-corrected chi connectivity index (χ3v) is 8.04. The van der Waals surface area contributed by atoms with Gasteiger partial charge in [-0.3, -0.25) is 4.79 Å². The molecule has 0 rings (SSSR count). The van der Waals surface area contributed by atoms with Gasteiger partial charge in [-0.25, -0.2) is 0 Å². The summed E-state index contributed by atoms with van der Waals surface area (Å²) in [6.45, 7) is 4.11. The number of hydrogen-bond acceptors (Lipinski definition) is 4. The fourth-order valence-electron chi connectivity index (χ4n) is 5.23. The number of carbonyl (C=O) groups is 1. The summed E-state index contributed by atoms with van der Waals surface area (Å²) in [5, 5.41) is 33.2. The average Bonchev–Trinajstić information content (AvgIpc) is 2.97. The molecule has 0 bridgehead atoms. The first-order valence-corrected chi connectivity index (χ1v) is 17.6. The number of aliphatic hydroxyl groups excluding tert-OH is 3. The van der Waals surface area contributed by atoms with Crippen molar-refractivity contribution in [2.45, 2.75) is 193 Å². The normalized spacial score (nSPS) is 14.2. The summed E-state index contributed by atoms with van der Waals surface area (Å²) >= 11 is 0. The number of allylic oxidation sites excluding steroid dienone is 4. The highest BCUT2D eigenvalue weighted by Gasteiger charge is 2.26. The number of aliphatic hydroxyl groups is 3. The van der Waals surface area contributed by atoms with Crippen molar-refractivity contribution in [1.82, 2.24) is 5.32 Å². The van der Waals surface area contributed by atoms with Gasteiger partial charge < -0.3 is 20.6 Å². The molecule has 242 valence electrons. The van der Waals surface area contributed by atoms with Crippen LogP contribution in [0.5, 0.6) is 0 Å². The largest absolute Gasteiger partial charge is 0.394 e. The van der Waals surface area contributed by atoms with Gasteiger partial charge in [0.15, 0.2) is 0 Å². The first-order valence-electron chi connectivity index (χ1n) is 17.6. The Balaban J connectivity index is 3.77. The summed E-state index contributed by atoms with van der Waals surface area (Å²) in [6, 6.07) is -0.825. The zero-order chi connectivity index (χ0) is 30.2. The van der Waals surface area contributed by atoms with Crippen molar-refractivity contribution in [3.8, 4) is 0 Å². The van der Waals surface area contributed by atoms with Crippen LogP contribution in [0.25, 0.3) is 0 Å². The molecular formula is C36H69NO4. The summed E-state index contributed by atoms with van der Waals surface area (Å²) in [4.78, 5) is 12.3. The Morgan fingerprint density at radius 2 is 1.00 bits per heavy atom. The monoisotopic (exact) mass is 580 g/mol. The molecule has 1 amide bonds. The van der Waals surface area contributed by atoms with Crippen molar-refractivity contribution in [3.05, 3.63) is 24.3 Å². The quantitative estimate of drug-likeness (QED) is 0.0487. The number of hydrogen-bond donors (Lipinski definition) is 4. The van der Waals surface area contributed by atoms with Gasteiger partial charge >= 0.3 is 0 Å². The van der Waals surface area contributed by atoms with Crippen molar-refractivity contribution >= 4 is 5.91 Å². The molecule has 0 radical (unpaired) electrons. The van der Waals surface area contributed by atoms with Gasteiger partial charge in [-0.15, -0.1) is 0 Å². The van der Waals surface area contributed by atoms with Crippen LogP contribution in [-0.2, 0) is 4.79 Å². The lowest BCUT2D eigenvalue weighted by atomic mass is 10.0. The topological polar surface area (TPSA) is 89.8 Å². The van der Waals surface area contributed by atoms with Crippen molar-refractivity contribution in [2.24, 2.45) is 0 Å². The minimum Gasteiger partial charge on any atom is -0.394 e. The SMILES string of the molecule is CCCCCCCCCCC/C=C/CC/C=C/CCCC(O)C(O)C(CO)NC(=O)CCCCCCCCCCC. The number of nitrogens with one attached hydrogen (secondary N) is 1. The second kappa shape index (κ2) is 31.8. The molecule has 0 fully saturated rings. The summed E-state index contributed by atoms with van der Waals surface area (Å²) in [7, 11) is 0. The van der Waals surface area contributed by atoms with Crippen LogP contribution in [0.2, 0.25) is 0 Å². The molecule has 5 nitrogen and oxygen atoms in total. The van der Waals surface area contributed by atoms with Crippen LogP contribution in [0.15, 0.2) is 24.3 Å². The van der Waals surface area contributed by atoms with Gasteiger partial charge in [-0.1, -0.05) is 141 Å². The molecule has 0 aliphatic heterocycles. The van der Waals surface area contributed by atoms with Crippen molar-refractivity contribution in [3.63, 3.8) is 0 Å².